The van der Waals surface area contributed by atoms with Crippen LogP contribution >= 0.6 is 0 Å². The number of hydrogen-bond donors (Lipinski definition) is 9. The number of phenolic OH excluding ortho intramolecular Hbond substituents is 1. The number of benzene rings is 2. The molecular formula is C44H64N8O10. The van der Waals surface area contributed by atoms with E-state index in [1.807, 2.05) is 19.9 Å². The zero-order chi connectivity index (χ0) is 46.3. The van der Waals surface area contributed by atoms with Crippen molar-refractivity contribution in [1.82, 2.24) is 36.8 Å². The number of nitrogens with one attached hydrogen (secondary N) is 6. The fourth-order valence-corrected chi connectivity index (χ4v) is 6.98. The van der Waals surface area contributed by atoms with Crippen molar-refractivity contribution in [3.05, 3.63) is 65.7 Å². The van der Waals surface area contributed by atoms with Crippen LogP contribution in [0.4, 0.5) is 0 Å². The lowest BCUT2D eigenvalue weighted by Crippen LogP contribution is -2.60. The highest BCUT2D eigenvalue weighted by molar-refractivity contribution is 5.97. The maximum atomic E-state index is 14.0. The van der Waals surface area contributed by atoms with E-state index in [0.717, 1.165) is 5.56 Å². The molecule has 340 valence electrons. The van der Waals surface area contributed by atoms with Gasteiger partial charge in [-0.25, -0.2) is 4.79 Å². The molecule has 0 aliphatic carbocycles. The van der Waals surface area contributed by atoms with E-state index in [2.05, 4.69) is 31.9 Å². The number of nitrogens with zero attached hydrogens (tertiary/aromatic N) is 1. The fraction of sp³-hybridized carbons (Fsp3) is 0.545. The summed E-state index contributed by atoms with van der Waals surface area (Å²) in [7, 11) is 0. The van der Waals surface area contributed by atoms with E-state index in [9.17, 15) is 48.6 Å². The molecule has 1 fully saturated rings. The number of carbonyl (C=O) groups excluding carboxylic acids is 7. The van der Waals surface area contributed by atoms with E-state index in [4.69, 9.17) is 5.73 Å². The van der Waals surface area contributed by atoms with Crippen molar-refractivity contribution in [3.63, 3.8) is 0 Å². The normalized spacial score (nSPS) is 16.6. The number of carboxylic acids is 1. The number of phenols is 1. The summed E-state index contributed by atoms with van der Waals surface area (Å²) in [5.74, 6) is -6.80. The zero-order valence-electron chi connectivity index (χ0n) is 36.6. The Hall–Kier alpha value is -6.04. The average molecular weight is 865 g/mol. The maximum Gasteiger partial charge on any atom is 0.326 e. The van der Waals surface area contributed by atoms with Gasteiger partial charge in [-0.15, -0.1) is 0 Å². The first-order valence-electron chi connectivity index (χ1n) is 21.1. The summed E-state index contributed by atoms with van der Waals surface area (Å²) in [5.41, 5.74) is 7.04. The maximum absolute atomic E-state index is 14.0. The molecule has 0 radical (unpaired) electrons. The van der Waals surface area contributed by atoms with Gasteiger partial charge in [-0.2, -0.15) is 0 Å². The van der Waals surface area contributed by atoms with Crippen LogP contribution in [-0.2, 0) is 51.2 Å². The van der Waals surface area contributed by atoms with Gasteiger partial charge in [0.1, 0.15) is 42.0 Å². The molecule has 1 aliphatic rings. The van der Waals surface area contributed by atoms with Gasteiger partial charge in [-0.1, -0.05) is 84.0 Å². The van der Waals surface area contributed by atoms with Crippen molar-refractivity contribution in [1.29, 1.82) is 0 Å². The van der Waals surface area contributed by atoms with Crippen LogP contribution < -0.4 is 37.6 Å². The Labute approximate surface area is 362 Å². The average Bonchev–Trinajstić information content (AvgIpc) is 3.71. The summed E-state index contributed by atoms with van der Waals surface area (Å²) < 4.78 is 0. The second-order valence-corrected chi connectivity index (χ2v) is 16.9. The molecule has 7 amide bonds. The Morgan fingerprint density at radius 1 is 0.661 bits per heavy atom. The minimum atomic E-state index is -1.29. The molecule has 7 atom stereocenters. The molecule has 0 aromatic heterocycles. The van der Waals surface area contributed by atoms with E-state index in [-0.39, 0.29) is 37.5 Å². The van der Waals surface area contributed by atoms with Crippen molar-refractivity contribution in [2.24, 2.45) is 23.5 Å². The minimum Gasteiger partial charge on any atom is -0.508 e. The Balaban J connectivity index is 1.76. The Bertz CT molecular complexity index is 1870. The molecule has 2 aromatic rings. The molecule has 1 heterocycles. The van der Waals surface area contributed by atoms with Crippen molar-refractivity contribution < 1.29 is 48.6 Å². The van der Waals surface area contributed by atoms with Gasteiger partial charge in [0.25, 0.3) is 0 Å². The van der Waals surface area contributed by atoms with E-state index >= 15 is 0 Å². The Morgan fingerprint density at radius 2 is 1.18 bits per heavy atom. The van der Waals surface area contributed by atoms with Gasteiger partial charge in [-0.05, 0) is 67.2 Å². The zero-order valence-corrected chi connectivity index (χ0v) is 36.6. The van der Waals surface area contributed by atoms with Gasteiger partial charge in [-0.3, -0.25) is 33.6 Å². The number of carboxylic acid groups (broad SMARTS) is 1. The molecule has 0 bridgehead atoms. The first kappa shape index (κ1) is 50.3. The van der Waals surface area contributed by atoms with Crippen molar-refractivity contribution in [2.75, 3.05) is 13.1 Å². The molecule has 18 heteroatoms. The van der Waals surface area contributed by atoms with Crippen molar-refractivity contribution >= 4 is 47.3 Å². The number of aliphatic carboxylic acids is 1. The number of rotatable bonds is 22. The highest BCUT2D eigenvalue weighted by Crippen LogP contribution is 2.21. The monoisotopic (exact) mass is 864 g/mol. The lowest BCUT2D eigenvalue weighted by Gasteiger charge is -2.31. The van der Waals surface area contributed by atoms with Crippen LogP contribution in [0.25, 0.3) is 0 Å². The molecule has 0 spiro atoms. The van der Waals surface area contributed by atoms with Crippen LogP contribution in [0, 0.1) is 17.8 Å². The van der Waals surface area contributed by atoms with Gasteiger partial charge < -0.3 is 52.7 Å². The van der Waals surface area contributed by atoms with E-state index in [1.165, 1.54) is 24.0 Å². The smallest absolute Gasteiger partial charge is 0.326 e. The quantitative estimate of drug-likeness (QED) is 0.0786. The van der Waals surface area contributed by atoms with Gasteiger partial charge in [0.2, 0.25) is 41.4 Å². The lowest BCUT2D eigenvalue weighted by atomic mass is 9.98. The molecule has 1 saturated heterocycles. The summed E-state index contributed by atoms with van der Waals surface area (Å²) >= 11 is 0. The van der Waals surface area contributed by atoms with Crippen LogP contribution in [0.15, 0.2) is 54.6 Å². The summed E-state index contributed by atoms with van der Waals surface area (Å²) in [6.45, 7) is 11.6. The predicted octanol–water partition coefficient (Wildman–Crippen LogP) is 0.499. The van der Waals surface area contributed by atoms with E-state index < -0.39 is 108 Å². The van der Waals surface area contributed by atoms with Crippen LogP contribution in [0.2, 0.25) is 0 Å². The SMILES string of the molecule is CC(C)C[C@H](NC(=O)[C@@H](NC(=O)[C@H](Cc1ccc(O)cc1)NC(=O)CNC(=O)[C@@H](NC(=O)[C@H](Cc1ccccc1)NC(=O)[C@H](C)N)C(C)C)C(C)C)C(=O)N1CCC[C@H]1C(=O)O. The van der Waals surface area contributed by atoms with Crippen LogP contribution in [-0.4, -0.2) is 118 Å². The Morgan fingerprint density at radius 3 is 1.69 bits per heavy atom. The van der Waals surface area contributed by atoms with Gasteiger partial charge in [0, 0.05) is 19.4 Å². The molecule has 0 unspecified atom stereocenters. The van der Waals surface area contributed by atoms with Crippen LogP contribution in [0.3, 0.4) is 0 Å². The van der Waals surface area contributed by atoms with Gasteiger partial charge in [0.15, 0.2) is 0 Å². The number of hydrogen-bond acceptors (Lipinski definition) is 10. The number of aromatic hydroxyl groups is 1. The largest absolute Gasteiger partial charge is 0.508 e. The summed E-state index contributed by atoms with van der Waals surface area (Å²) in [5, 5.41) is 35.4. The number of likely N-dealkylation sites (tertiary alicyclic amines) is 1. The summed E-state index contributed by atoms with van der Waals surface area (Å²) in [6, 6.07) is 7.25. The second-order valence-electron chi connectivity index (χ2n) is 16.9. The van der Waals surface area contributed by atoms with E-state index in [1.54, 1.807) is 64.1 Å². The molecule has 18 nitrogen and oxygen atoms in total. The van der Waals surface area contributed by atoms with Gasteiger partial charge >= 0.3 is 5.97 Å². The third kappa shape index (κ3) is 15.5. The number of nitrogens with two attached hydrogens (primary N) is 1. The highest BCUT2D eigenvalue weighted by atomic mass is 16.4. The van der Waals surface area contributed by atoms with Gasteiger partial charge in [0.05, 0.1) is 12.6 Å². The molecule has 62 heavy (non-hydrogen) atoms. The van der Waals surface area contributed by atoms with Crippen LogP contribution in [0.1, 0.15) is 78.9 Å². The first-order valence-corrected chi connectivity index (χ1v) is 21.1. The summed E-state index contributed by atoms with van der Waals surface area (Å²) in [4.78, 5) is 108. The first-order chi connectivity index (χ1) is 29.2. The highest BCUT2D eigenvalue weighted by Gasteiger charge is 2.39. The third-order valence-electron chi connectivity index (χ3n) is 10.4. The molecule has 1 aliphatic heterocycles. The van der Waals surface area contributed by atoms with Crippen LogP contribution in [0.5, 0.6) is 5.75 Å². The topological polar surface area (TPSA) is 278 Å². The fourth-order valence-electron chi connectivity index (χ4n) is 6.98. The van der Waals surface area contributed by atoms with Crippen molar-refractivity contribution in [3.8, 4) is 5.75 Å². The molecule has 10 N–H and O–H groups in total. The third-order valence-corrected chi connectivity index (χ3v) is 10.4. The lowest BCUT2D eigenvalue weighted by molar-refractivity contribution is -0.149. The van der Waals surface area contributed by atoms with E-state index in [0.29, 0.717) is 18.4 Å². The second kappa shape index (κ2) is 23.8. The molecular weight excluding hydrogens is 801 g/mol. The minimum absolute atomic E-state index is 0.0262. The standard InChI is InChI=1S/C44H64N8O10/c1-24(2)20-33(43(60)52-19-11-14-34(52)44(61)62)49-42(59)37(26(5)6)51-39(56)31(22-29-15-17-30(53)18-16-29)47-35(54)23-46-41(58)36(25(3)4)50-40(57)32(48-38(55)27(7)45)21-28-12-9-8-10-13-28/h8-10,12-13,15-18,24-27,31-34,36-37,53H,11,14,19-23,45H2,1-7H3,(H,46,58)(H,47,54)(H,48,55)(H,49,59)(H,50,57)(H,51,56)(H,61,62)/t27-,31-,32-,33-,34-,36-,37-/m0/s1. The number of amides is 7. The Kier molecular flexibility index (Phi) is 19.3. The molecule has 0 saturated carbocycles. The number of carbonyl (C=O) groups is 8. The molecule has 2 aromatic carbocycles. The summed E-state index contributed by atoms with van der Waals surface area (Å²) in [6.07, 6.45) is 1.06. The predicted molar refractivity (Wildman–Crippen MR) is 230 cm³/mol. The molecule has 3 rings (SSSR count). The van der Waals surface area contributed by atoms with Crippen molar-refractivity contribution in [2.45, 2.75) is 123 Å².